The van der Waals surface area contributed by atoms with Gasteiger partial charge in [0, 0.05) is 29.6 Å². The second-order valence-corrected chi connectivity index (χ2v) is 6.25. The summed E-state index contributed by atoms with van der Waals surface area (Å²) < 4.78 is 4.61. The third-order valence-corrected chi connectivity index (χ3v) is 4.90. The Morgan fingerprint density at radius 1 is 1.24 bits per heavy atom. The summed E-state index contributed by atoms with van der Waals surface area (Å²) in [6, 6.07) is 10.1. The quantitative estimate of drug-likeness (QED) is 0.671. The maximum atomic E-state index is 11.9. The van der Waals surface area contributed by atoms with Crippen molar-refractivity contribution in [3.63, 3.8) is 0 Å². The SMILES string of the molecule is CC(=O)c1snc(-c2cccc3ncccc23)c1C1CC1. The van der Waals surface area contributed by atoms with Crippen molar-refractivity contribution in [2.45, 2.75) is 25.7 Å². The maximum Gasteiger partial charge on any atom is 0.171 e. The van der Waals surface area contributed by atoms with E-state index in [0.717, 1.165) is 45.4 Å². The first-order valence-corrected chi connectivity index (χ1v) is 7.87. The number of ketones is 1. The number of fused-ring (bicyclic) bond motifs is 1. The van der Waals surface area contributed by atoms with Crippen LogP contribution in [0, 0.1) is 0 Å². The molecule has 21 heavy (non-hydrogen) atoms. The molecule has 1 saturated carbocycles. The molecule has 1 aliphatic rings. The standard InChI is InChI=1S/C17H14N2OS/c1-10(20)17-15(11-7-8-11)16(19-21-17)13-4-2-6-14-12(13)5-3-9-18-14/h2-6,9,11H,7-8H2,1H3. The van der Waals surface area contributed by atoms with Gasteiger partial charge in [-0.1, -0.05) is 18.2 Å². The van der Waals surface area contributed by atoms with E-state index in [1.54, 1.807) is 13.1 Å². The van der Waals surface area contributed by atoms with Gasteiger partial charge in [-0.25, -0.2) is 0 Å². The zero-order valence-corrected chi connectivity index (χ0v) is 12.5. The summed E-state index contributed by atoms with van der Waals surface area (Å²) in [7, 11) is 0. The number of carbonyl (C=O) groups excluding carboxylic acids is 1. The smallest absolute Gasteiger partial charge is 0.171 e. The van der Waals surface area contributed by atoms with Gasteiger partial charge in [-0.2, -0.15) is 4.37 Å². The number of hydrogen-bond donors (Lipinski definition) is 0. The van der Waals surface area contributed by atoms with Gasteiger partial charge in [-0.15, -0.1) is 0 Å². The van der Waals surface area contributed by atoms with Crippen LogP contribution >= 0.6 is 11.5 Å². The fraction of sp³-hybridized carbons (Fsp3) is 0.235. The van der Waals surface area contributed by atoms with Crippen LogP contribution in [0.15, 0.2) is 36.5 Å². The van der Waals surface area contributed by atoms with Gasteiger partial charge in [0.15, 0.2) is 5.78 Å². The molecule has 2 aromatic heterocycles. The summed E-state index contributed by atoms with van der Waals surface area (Å²) in [6.07, 6.45) is 4.12. The fourth-order valence-electron chi connectivity index (χ4n) is 2.81. The molecule has 3 aromatic rings. The van der Waals surface area contributed by atoms with Gasteiger partial charge in [-0.05, 0) is 42.4 Å². The normalized spacial score (nSPS) is 14.5. The second kappa shape index (κ2) is 4.74. The van der Waals surface area contributed by atoms with Crippen LogP contribution in [0.2, 0.25) is 0 Å². The summed E-state index contributed by atoms with van der Waals surface area (Å²) in [6.45, 7) is 1.63. The topological polar surface area (TPSA) is 42.9 Å². The van der Waals surface area contributed by atoms with Crippen LogP contribution in [0.4, 0.5) is 0 Å². The monoisotopic (exact) mass is 294 g/mol. The van der Waals surface area contributed by atoms with Gasteiger partial charge < -0.3 is 0 Å². The average Bonchev–Trinajstić information content (AvgIpc) is 3.25. The summed E-state index contributed by atoms with van der Waals surface area (Å²) in [5.41, 5.74) is 4.19. The maximum absolute atomic E-state index is 11.9. The Balaban J connectivity index is 1.99. The molecule has 4 rings (SSSR count). The van der Waals surface area contributed by atoms with E-state index < -0.39 is 0 Å². The van der Waals surface area contributed by atoms with Crippen LogP contribution in [-0.2, 0) is 0 Å². The average molecular weight is 294 g/mol. The Bertz CT molecular complexity index is 844. The predicted octanol–water partition coefficient (Wildman–Crippen LogP) is 4.44. The number of pyridine rings is 1. The van der Waals surface area contributed by atoms with Crippen molar-refractivity contribution < 1.29 is 4.79 Å². The van der Waals surface area contributed by atoms with Gasteiger partial charge in [0.05, 0.1) is 16.1 Å². The highest BCUT2D eigenvalue weighted by molar-refractivity contribution is 7.08. The first kappa shape index (κ1) is 12.7. The number of benzene rings is 1. The number of rotatable bonds is 3. The number of carbonyl (C=O) groups is 1. The van der Waals surface area contributed by atoms with Gasteiger partial charge in [0.1, 0.15) is 0 Å². The molecule has 0 atom stereocenters. The molecule has 0 bridgehead atoms. The van der Waals surface area contributed by atoms with Gasteiger partial charge in [-0.3, -0.25) is 9.78 Å². The highest BCUT2D eigenvalue weighted by Crippen LogP contribution is 2.48. The van der Waals surface area contributed by atoms with Crippen molar-refractivity contribution in [3.8, 4) is 11.3 Å². The Kier molecular flexibility index (Phi) is 2.86. The number of Topliss-reactive ketones (excluding diaryl/α,β-unsaturated/α-hetero) is 1. The third-order valence-electron chi connectivity index (χ3n) is 3.93. The van der Waals surface area contributed by atoms with Crippen LogP contribution in [0.25, 0.3) is 22.2 Å². The Morgan fingerprint density at radius 3 is 2.86 bits per heavy atom. The minimum atomic E-state index is 0.124. The summed E-state index contributed by atoms with van der Waals surface area (Å²) in [4.78, 5) is 17.1. The molecule has 4 heteroatoms. The number of nitrogens with zero attached hydrogens (tertiary/aromatic N) is 2. The van der Waals surface area contributed by atoms with Crippen molar-refractivity contribution in [2.24, 2.45) is 0 Å². The summed E-state index contributed by atoms with van der Waals surface area (Å²) in [5.74, 6) is 0.628. The summed E-state index contributed by atoms with van der Waals surface area (Å²) in [5, 5.41) is 1.10. The lowest BCUT2D eigenvalue weighted by atomic mass is 9.98. The first-order chi connectivity index (χ1) is 10.3. The molecule has 0 spiro atoms. The van der Waals surface area contributed by atoms with Crippen LogP contribution in [0.5, 0.6) is 0 Å². The molecule has 0 unspecified atom stereocenters. The number of hydrogen-bond acceptors (Lipinski definition) is 4. The van der Waals surface area contributed by atoms with Crippen LogP contribution in [-0.4, -0.2) is 15.1 Å². The molecule has 3 nitrogen and oxygen atoms in total. The van der Waals surface area contributed by atoms with Gasteiger partial charge in [0.25, 0.3) is 0 Å². The van der Waals surface area contributed by atoms with Crippen LogP contribution in [0.3, 0.4) is 0 Å². The van der Waals surface area contributed by atoms with E-state index in [1.165, 1.54) is 11.5 Å². The van der Waals surface area contributed by atoms with Crippen LogP contribution in [0.1, 0.15) is 40.9 Å². The van der Waals surface area contributed by atoms with Crippen molar-refractivity contribution in [3.05, 3.63) is 47.0 Å². The summed E-state index contributed by atoms with van der Waals surface area (Å²) >= 11 is 1.34. The van der Waals surface area contributed by atoms with Crippen LogP contribution < -0.4 is 0 Å². The molecule has 0 saturated heterocycles. The zero-order chi connectivity index (χ0) is 14.4. The zero-order valence-electron chi connectivity index (χ0n) is 11.7. The molecular formula is C17H14N2OS. The van der Waals surface area contributed by atoms with E-state index in [4.69, 9.17) is 0 Å². The van der Waals surface area contributed by atoms with Crippen molar-refractivity contribution >= 4 is 28.2 Å². The lowest BCUT2D eigenvalue weighted by Gasteiger charge is -2.06. The predicted molar refractivity (Wildman–Crippen MR) is 84.8 cm³/mol. The lowest BCUT2D eigenvalue weighted by molar-refractivity contribution is 0.102. The highest BCUT2D eigenvalue weighted by atomic mass is 32.1. The molecule has 0 radical (unpaired) electrons. The minimum Gasteiger partial charge on any atom is -0.294 e. The molecule has 104 valence electrons. The van der Waals surface area contributed by atoms with E-state index in [9.17, 15) is 4.79 Å². The van der Waals surface area contributed by atoms with Gasteiger partial charge in [0.2, 0.25) is 0 Å². The lowest BCUT2D eigenvalue weighted by Crippen LogP contribution is -1.95. The van der Waals surface area contributed by atoms with E-state index in [1.807, 2.05) is 18.2 Å². The van der Waals surface area contributed by atoms with E-state index in [2.05, 4.69) is 21.5 Å². The fourth-order valence-corrected chi connectivity index (χ4v) is 3.68. The Hall–Kier alpha value is -2.07. The second-order valence-electron chi connectivity index (χ2n) is 5.48. The first-order valence-electron chi connectivity index (χ1n) is 7.10. The van der Waals surface area contributed by atoms with Gasteiger partial charge >= 0.3 is 0 Å². The third kappa shape index (κ3) is 2.07. The van der Waals surface area contributed by atoms with E-state index in [0.29, 0.717) is 5.92 Å². The Morgan fingerprint density at radius 2 is 2.10 bits per heavy atom. The highest BCUT2D eigenvalue weighted by Gasteiger charge is 2.33. The molecular weight excluding hydrogens is 280 g/mol. The molecule has 1 aliphatic carbocycles. The van der Waals surface area contributed by atoms with E-state index >= 15 is 0 Å². The van der Waals surface area contributed by atoms with Crippen molar-refractivity contribution in [1.29, 1.82) is 0 Å². The molecule has 1 aromatic carbocycles. The van der Waals surface area contributed by atoms with Crippen molar-refractivity contribution in [2.75, 3.05) is 0 Å². The molecule has 1 fully saturated rings. The molecule has 2 heterocycles. The number of aromatic nitrogens is 2. The minimum absolute atomic E-state index is 0.124. The molecule has 0 N–H and O–H groups in total. The largest absolute Gasteiger partial charge is 0.294 e. The molecule has 0 amide bonds. The van der Waals surface area contributed by atoms with Crippen molar-refractivity contribution in [1.82, 2.24) is 9.36 Å². The Labute approximate surface area is 126 Å². The van der Waals surface area contributed by atoms with E-state index in [-0.39, 0.29) is 5.78 Å². The molecule has 0 aliphatic heterocycles.